The number of hydrogen-bond donors (Lipinski definition) is 1. The molecule has 0 saturated carbocycles. The average molecular weight is 355 g/mol. The highest BCUT2D eigenvalue weighted by molar-refractivity contribution is 5.89. The van der Waals surface area contributed by atoms with E-state index in [1.54, 1.807) is 23.8 Å². The van der Waals surface area contributed by atoms with E-state index in [1.807, 2.05) is 0 Å². The number of piperazine rings is 1. The van der Waals surface area contributed by atoms with Gasteiger partial charge >= 0.3 is 5.97 Å². The molecular formula is C17H29N3O5. The number of rotatable bonds is 7. The minimum atomic E-state index is -0.499. The van der Waals surface area contributed by atoms with Gasteiger partial charge in [0.15, 0.2) is 0 Å². The van der Waals surface area contributed by atoms with Crippen LogP contribution in [0.15, 0.2) is 0 Å². The zero-order valence-corrected chi connectivity index (χ0v) is 15.2. The van der Waals surface area contributed by atoms with Crippen molar-refractivity contribution in [2.75, 3.05) is 53.0 Å². The predicted octanol–water partition coefficient (Wildman–Crippen LogP) is -0.375. The van der Waals surface area contributed by atoms with E-state index in [1.165, 1.54) is 0 Å². The zero-order chi connectivity index (χ0) is 18.2. The molecule has 2 atom stereocenters. The van der Waals surface area contributed by atoms with E-state index in [0.29, 0.717) is 45.9 Å². The van der Waals surface area contributed by atoms with Gasteiger partial charge < -0.3 is 24.6 Å². The molecule has 2 aliphatic rings. The minimum absolute atomic E-state index is 0.0596. The average Bonchev–Trinajstić information content (AvgIpc) is 2.62. The first-order valence-corrected chi connectivity index (χ1v) is 9.02. The van der Waals surface area contributed by atoms with Crippen LogP contribution < -0.4 is 5.32 Å². The summed E-state index contributed by atoms with van der Waals surface area (Å²) in [7, 11) is 1.60. The predicted molar refractivity (Wildman–Crippen MR) is 90.8 cm³/mol. The van der Waals surface area contributed by atoms with Crippen LogP contribution in [0.25, 0.3) is 0 Å². The molecule has 2 rings (SSSR count). The number of ether oxygens (including phenoxy) is 2. The fourth-order valence-electron chi connectivity index (χ4n) is 3.33. The third kappa shape index (κ3) is 5.40. The molecule has 0 bridgehead atoms. The highest BCUT2D eigenvalue weighted by atomic mass is 16.5. The molecule has 0 spiro atoms. The summed E-state index contributed by atoms with van der Waals surface area (Å²) in [5, 5.41) is 3.13. The molecular weight excluding hydrogens is 326 g/mol. The van der Waals surface area contributed by atoms with Crippen molar-refractivity contribution in [3.8, 4) is 0 Å². The number of methoxy groups -OCH3 is 1. The molecule has 25 heavy (non-hydrogen) atoms. The van der Waals surface area contributed by atoms with Crippen LogP contribution in [-0.4, -0.2) is 86.7 Å². The molecule has 2 heterocycles. The van der Waals surface area contributed by atoms with Crippen LogP contribution in [0.5, 0.6) is 0 Å². The highest BCUT2D eigenvalue weighted by Crippen LogP contribution is 2.19. The fraction of sp³-hybridized carbons (Fsp3) is 0.824. The first-order valence-electron chi connectivity index (χ1n) is 9.02. The van der Waals surface area contributed by atoms with Crippen molar-refractivity contribution in [3.05, 3.63) is 0 Å². The minimum Gasteiger partial charge on any atom is -0.466 e. The Labute approximate surface area is 148 Å². The first kappa shape index (κ1) is 19.7. The van der Waals surface area contributed by atoms with Gasteiger partial charge in [-0.25, -0.2) is 0 Å². The van der Waals surface area contributed by atoms with E-state index in [9.17, 15) is 14.4 Å². The second-order valence-electron chi connectivity index (χ2n) is 6.46. The molecule has 0 radical (unpaired) electrons. The van der Waals surface area contributed by atoms with Crippen LogP contribution in [0.3, 0.4) is 0 Å². The lowest BCUT2D eigenvalue weighted by Crippen LogP contribution is -2.57. The van der Waals surface area contributed by atoms with Crippen LogP contribution in [-0.2, 0) is 23.9 Å². The van der Waals surface area contributed by atoms with E-state index in [4.69, 9.17) is 9.47 Å². The summed E-state index contributed by atoms with van der Waals surface area (Å²) in [6.45, 7) is 5.45. The summed E-state index contributed by atoms with van der Waals surface area (Å²) < 4.78 is 10.1. The van der Waals surface area contributed by atoms with Gasteiger partial charge in [0.05, 0.1) is 31.6 Å². The number of carbonyl (C=O) groups is 3. The number of nitrogens with zero attached hydrogens (tertiary/aromatic N) is 2. The van der Waals surface area contributed by atoms with E-state index in [2.05, 4.69) is 5.32 Å². The quantitative estimate of drug-likeness (QED) is 0.627. The third-order valence-corrected chi connectivity index (χ3v) is 4.72. The van der Waals surface area contributed by atoms with E-state index < -0.39 is 6.04 Å². The molecule has 142 valence electrons. The van der Waals surface area contributed by atoms with Gasteiger partial charge in [-0.1, -0.05) is 0 Å². The SMILES string of the molecule is CCOC(=O)C1CCCN(C(=O)CC2NCCN(CCOC)C2=O)C1. The van der Waals surface area contributed by atoms with E-state index in [-0.39, 0.29) is 30.1 Å². The molecule has 2 saturated heterocycles. The van der Waals surface area contributed by atoms with Crippen molar-refractivity contribution in [1.29, 1.82) is 0 Å². The van der Waals surface area contributed by atoms with Crippen LogP contribution in [0.1, 0.15) is 26.2 Å². The van der Waals surface area contributed by atoms with Crippen molar-refractivity contribution in [2.45, 2.75) is 32.2 Å². The third-order valence-electron chi connectivity index (χ3n) is 4.72. The molecule has 2 fully saturated rings. The smallest absolute Gasteiger partial charge is 0.310 e. The number of carbonyl (C=O) groups excluding carboxylic acids is 3. The van der Waals surface area contributed by atoms with Crippen LogP contribution >= 0.6 is 0 Å². The molecule has 0 aromatic carbocycles. The maximum atomic E-state index is 12.6. The summed E-state index contributed by atoms with van der Waals surface area (Å²) in [6, 6.07) is -0.499. The maximum Gasteiger partial charge on any atom is 0.310 e. The summed E-state index contributed by atoms with van der Waals surface area (Å²) >= 11 is 0. The van der Waals surface area contributed by atoms with Gasteiger partial charge in [0, 0.05) is 39.8 Å². The van der Waals surface area contributed by atoms with Gasteiger partial charge in [0.25, 0.3) is 0 Å². The molecule has 0 aliphatic carbocycles. The number of esters is 1. The number of piperidine rings is 1. The Bertz CT molecular complexity index is 485. The van der Waals surface area contributed by atoms with Crippen molar-refractivity contribution in [3.63, 3.8) is 0 Å². The molecule has 0 aromatic rings. The van der Waals surface area contributed by atoms with Gasteiger partial charge in [-0.05, 0) is 19.8 Å². The maximum absolute atomic E-state index is 12.6. The second kappa shape index (κ2) is 9.72. The van der Waals surface area contributed by atoms with Gasteiger partial charge in [-0.15, -0.1) is 0 Å². The highest BCUT2D eigenvalue weighted by Gasteiger charge is 2.34. The summed E-state index contributed by atoms with van der Waals surface area (Å²) in [6.07, 6.45) is 1.65. The number of likely N-dealkylation sites (tertiary alicyclic amines) is 1. The zero-order valence-electron chi connectivity index (χ0n) is 15.2. The number of amides is 2. The summed E-state index contributed by atoms with van der Waals surface area (Å²) in [4.78, 5) is 40.4. The van der Waals surface area contributed by atoms with Crippen LogP contribution in [0.2, 0.25) is 0 Å². The topological polar surface area (TPSA) is 88.2 Å². The standard InChI is InChI=1S/C17H29N3O5/c1-3-25-17(23)13-5-4-7-20(12-13)15(21)11-14-16(22)19(8-6-18-14)9-10-24-2/h13-14,18H,3-12H2,1-2H3. The second-order valence-corrected chi connectivity index (χ2v) is 6.46. The lowest BCUT2D eigenvalue weighted by Gasteiger charge is -2.35. The number of nitrogens with one attached hydrogen (secondary N) is 1. The van der Waals surface area contributed by atoms with E-state index >= 15 is 0 Å². The van der Waals surface area contributed by atoms with E-state index in [0.717, 1.165) is 12.8 Å². The molecule has 2 amide bonds. The molecule has 2 unspecified atom stereocenters. The Hall–Kier alpha value is -1.67. The molecule has 0 aromatic heterocycles. The summed E-state index contributed by atoms with van der Waals surface area (Å²) in [5.74, 6) is -0.646. The van der Waals surface area contributed by atoms with Gasteiger partial charge in [-0.3, -0.25) is 14.4 Å². The Balaban J connectivity index is 1.87. The van der Waals surface area contributed by atoms with Gasteiger partial charge in [-0.2, -0.15) is 0 Å². The Morgan fingerprint density at radius 2 is 2.12 bits per heavy atom. The normalized spacial score (nSPS) is 24.3. The van der Waals surface area contributed by atoms with Crippen molar-refractivity contribution in [2.24, 2.45) is 5.92 Å². The van der Waals surface area contributed by atoms with Gasteiger partial charge in [0.1, 0.15) is 0 Å². The lowest BCUT2D eigenvalue weighted by atomic mass is 9.97. The Kier molecular flexibility index (Phi) is 7.64. The Morgan fingerprint density at radius 3 is 2.84 bits per heavy atom. The molecule has 1 N–H and O–H groups in total. The van der Waals surface area contributed by atoms with Crippen molar-refractivity contribution in [1.82, 2.24) is 15.1 Å². The fourth-order valence-corrected chi connectivity index (χ4v) is 3.33. The van der Waals surface area contributed by atoms with Crippen molar-refractivity contribution < 1.29 is 23.9 Å². The first-order chi connectivity index (χ1) is 12.1. The lowest BCUT2D eigenvalue weighted by molar-refractivity contribution is -0.152. The Morgan fingerprint density at radius 1 is 1.32 bits per heavy atom. The molecule has 2 aliphatic heterocycles. The molecule has 8 nitrogen and oxygen atoms in total. The monoisotopic (exact) mass is 355 g/mol. The summed E-state index contributed by atoms with van der Waals surface area (Å²) in [5.41, 5.74) is 0. The van der Waals surface area contributed by atoms with Crippen LogP contribution in [0.4, 0.5) is 0 Å². The van der Waals surface area contributed by atoms with Gasteiger partial charge in [0.2, 0.25) is 11.8 Å². The molecule has 8 heteroatoms. The van der Waals surface area contributed by atoms with Crippen LogP contribution in [0, 0.1) is 5.92 Å². The van der Waals surface area contributed by atoms with Crippen molar-refractivity contribution >= 4 is 17.8 Å². The number of hydrogen-bond acceptors (Lipinski definition) is 6. The largest absolute Gasteiger partial charge is 0.466 e.